The van der Waals surface area contributed by atoms with Crippen LogP contribution in [0.5, 0.6) is 5.75 Å². The standard InChI is InChI=1S/C29H27ClN6O3S/c1-19-26(28(38)36(34(19)3)23-12-8-5-9-13-23)31-25(37)18-40-29-33-32-27(35(29)22-10-6-4-7-11-22)20(2)39-24-16-14-21(30)15-17-24/h4-17,20H,18H2,1-3H3,(H,31,37)/t20-/m0/s1. The van der Waals surface area contributed by atoms with Gasteiger partial charge in [0.2, 0.25) is 5.91 Å². The molecule has 0 spiro atoms. The van der Waals surface area contributed by atoms with Gasteiger partial charge in [0.15, 0.2) is 17.1 Å². The van der Waals surface area contributed by atoms with Gasteiger partial charge in [0.1, 0.15) is 11.4 Å². The van der Waals surface area contributed by atoms with E-state index in [1.165, 1.54) is 16.4 Å². The van der Waals surface area contributed by atoms with Gasteiger partial charge in [0.25, 0.3) is 5.56 Å². The Hall–Kier alpha value is -4.28. The van der Waals surface area contributed by atoms with Crippen LogP contribution in [0.2, 0.25) is 5.02 Å². The van der Waals surface area contributed by atoms with Crippen molar-refractivity contribution >= 4 is 35.0 Å². The van der Waals surface area contributed by atoms with Crippen molar-refractivity contribution in [2.24, 2.45) is 7.05 Å². The molecular formula is C29H27ClN6O3S. The molecule has 0 saturated heterocycles. The Morgan fingerprint density at radius 3 is 2.25 bits per heavy atom. The number of aromatic nitrogens is 5. The van der Waals surface area contributed by atoms with Crippen molar-refractivity contribution in [3.8, 4) is 17.1 Å². The Labute approximate surface area is 240 Å². The van der Waals surface area contributed by atoms with Gasteiger partial charge in [0, 0.05) is 17.8 Å². The van der Waals surface area contributed by atoms with Gasteiger partial charge in [-0.2, -0.15) is 0 Å². The fraction of sp³-hybridized carbons (Fsp3) is 0.172. The van der Waals surface area contributed by atoms with Gasteiger partial charge >= 0.3 is 0 Å². The number of thioether (sulfide) groups is 1. The molecule has 40 heavy (non-hydrogen) atoms. The van der Waals surface area contributed by atoms with E-state index < -0.39 is 6.10 Å². The van der Waals surface area contributed by atoms with E-state index in [1.807, 2.05) is 72.2 Å². The maximum Gasteiger partial charge on any atom is 0.295 e. The number of carbonyl (C=O) groups excluding carboxylic acids is 1. The Bertz CT molecular complexity index is 1680. The van der Waals surface area contributed by atoms with Crippen molar-refractivity contribution in [3.63, 3.8) is 0 Å². The van der Waals surface area contributed by atoms with E-state index in [0.29, 0.717) is 33.1 Å². The van der Waals surface area contributed by atoms with Crippen LogP contribution in [0.25, 0.3) is 11.4 Å². The lowest BCUT2D eigenvalue weighted by molar-refractivity contribution is -0.113. The zero-order valence-corrected chi connectivity index (χ0v) is 23.7. The molecule has 0 aliphatic carbocycles. The topological polar surface area (TPSA) is 96.0 Å². The van der Waals surface area contributed by atoms with Crippen LogP contribution in [-0.2, 0) is 11.8 Å². The van der Waals surface area contributed by atoms with Crippen molar-refractivity contribution < 1.29 is 9.53 Å². The molecule has 11 heteroatoms. The van der Waals surface area contributed by atoms with Crippen LogP contribution in [0.4, 0.5) is 5.69 Å². The molecule has 0 saturated carbocycles. The van der Waals surface area contributed by atoms with Crippen LogP contribution in [0.3, 0.4) is 0 Å². The number of nitrogens with one attached hydrogen (secondary N) is 1. The first-order valence-electron chi connectivity index (χ1n) is 12.5. The van der Waals surface area contributed by atoms with E-state index in [0.717, 1.165) is 5.69 Å². The molecular weight excluding hydrogens is 548 g/mol. The average molecular weight is 575 g/mol. The summed E-state index contributed by atoms with van der Waals surface area (Å²) in [7, 11) is 1.78. The van der Waals surface area contributed by atoms with Crippen molar-refractivity contribution in [2.75, 3.05) is 11.1 Å². The van der Waals surface area contributed by atoms with E-state index in [9.17, 15) is 9.59 Å². The van der Waals surface area contributed by atoms with Crippen LogP contribution < -0.4 is 15.6 Å². The summed E-state index contributed by atoms with van der Waals surface area (Å²) in [5, 5.41) is 12.7. The lowest BCUT2D eigenvalue weighted by atomic mass is 10.3. The molecule has 2 aromatic heterocycles. The number of nitrogens with zero attached hydrogens (tertiary/aromatic N) is 5. The number of rotatable bonds is 9. The fourth-order valence-electron chi connectivity index (χ4n) is 4.25. The molecule has 1 atom stereocenters. The molecule has 5 aromatic rings. The molecule has 204 valence electrons. The van der Waals surface area contributed by atoms with Crippen LogP contribution in [0.15, 0.2) is 94.9 Å². The minimum Gasteiger partial charge on any atom is -0.483 e. The third-order valence-electron chi connectivity index (χ3n) is 6.31. The summed E-state index contributed by atoms with van der Waals surface area (Å²) < 4.78 is 11.2. The number of anilines is 1. The molecule has 9 nitrogen and oxygen atoms in total. The predicted molar refractivity (Wildman–Crippen MR) is 157 cm³/mol. The maximum atomic E-state index is 13.2. The monoisotopic (exact) mass is 574 g/mol. The van der Waals surface area contributed by atoms with Gasteiger partial charge in [-0.05, 0) is 62.4 Å². The highest BCUT2D eigenvalue weighted by Gasteiger charge is 2.23. The molecule has 1 N–H and O–H groups in total. The third-order valence-corrected chi connectivity index (χ3v) is 7.49. The average Bonchev–Trinajstić information content (AvgIpc) is 3.49. The Morgan fingerprint density at radius 1 is 0.975 bits per heavy atom. The first kappa shape index (κ1) is 27.3. The summed E-state index contributed by atoms with van der Waals surface area (Å²) in [5.74, 6) is 0.920. The van der Waals surface area contributed by atoms with Gasteiger partial charge in [-0.25, -0.2) is 4.68 Å². The summed E-state index contributed by atoms with van der Waals surface area (Å²) in [5.41, 5.74) is 2.14. The summed E-state index contributed by atoms with van der Waals surface area (Å²) in [4.78, 5) is 26.2. The Morgan fingerprint density at radius 2 is 1.60 bits per heavy atom. The number of halogens is 1. The number of amides is 1. The van der Waals surface area contributed by atoms with Crippen molar-refractivity contribution in [3.05, 3.63) is 112 Å². The van der Waals surface area contributed by atoms with E-state index in [1.54, 1.807) is 42.9 Å². The summed E-state index contributed by atoms with van der Waals surface area (Å²) in [6, 6.07) is 26.0. The van der Waals surface area contributed by atoms with Crippen LogP contribution >= 0.6 is 23.4 Å². The number of benzene rings is 3. The van der Waals surface area contributed by atoms with Gasteiger partial charge in [-0.1, -0.05) is 59.8 Å². The number of hydrogen-bond donors (Lipinski definition) is 1. The third kappa shape index (κ3) is 5.68. The Kier molecular flexibility index (Phi) is 8.09. The second kappa shape index (κ2) is 11.8. The molecule has 0 unspecified atom stereocenters. The van der Waals surface area contributed by atoms with Crippen molar-refractivity contribution in [1.29, 1.82) is 0 Å². The second-order valence-corrected chi connectivity index (χ2v) is 10.4. The molecule has 0 radical (unpaired) electrons. The highest BCUT2D eigenvalue weighted by Crippen LogP contribution is 2.28. The SMILES string of the molecule is Cc1c(NC(=O)CSc2nnc([C@H](C)Oc3ccc(Cl)cc3)n2-c2ccccc2)c(=O)n(-c2ccccc2)n1C. The molecule has 0 aliphatic heterocycles. The van der Waals surface area contributed by atoms with Crippen LogP contribution in [0, 0.1) is 6.92 Å². The normalized spacial score (nSPS) is 11.8. The first-order chi connectivity index (χ1) is 19.3. The van der Waals surface area contributed by atoms with Gasteiger partial charge in [-0.3, -0.25) is 18.8 Å². The summed E-state index contributed by atoms with van der Waals surface area (Å²) >= 11 is 7.23. The van der Waals surface area contributed by atoms with E-state index >= 15 is 0 Å². The maximum absolute atomic E-state index is 13.2. The number of para-hydroxylation sites is 2. The second-order valence-electron chi connectivity index (χ2n) is 9.00. The lowest BCUT2D eigenvalue weighted by Crippen LogP contribution is -2.23. The zero-order valence-electron chi connectivity index (χ0n) is 22.1. The van der Waals surface area contributed by atoms with Gasteiger partial charge < -0.3 is 10.1 Å². The summed E-state index contributed by atoms with van der Waals surface area (Å²) in [6.45, 7) is 3.68. The minimum atomic E-state index is -0.444. The molecule has 1 amide bonds. The molecule has 0 aliphatic rings. The minimum absolute atomic E-state index is 0.0243. The molecule has 3 aromatic carbocycles. The van der Waals surface area contributed by atoms with Gasteiger partial charge in [-0.15, -0.1) is 10.2 Å². The van der Waals surface area contributed by atoms with E-state index in [2.05, 4.69) is 15.5 Å². The largest absolute Gasteiger partial charge is 0.483 e. The fourth-order valence-corrected chi connectivity index (χ4v) is 5.13. The molecule has 0 bridgehead atoms. The zero-order chi connectivity index (χ0) is 28.2. The lowest BCUT2D eigenvalue weighted by Gasteiger charge is -2.16. The number of hydrogen-bond acceptors (Lipinski definition) is 6. The Balaban J connectivity index is 1.36. The quantitative estimate of drug-likeness (QED) is 0.231. The highest BCUT2D eigenvalue weighted by molar-refractivity contribution is 7.99. The van der Waals surface area contributed by atoms with E-state index in [-0.39, 0.29) is 22.9 Å². The summed E-state index contributed by atoms with van der Waals surface area (Å²) in [6.07, 6.45) is -0.444. The number of carbonyl (C=O) groups is 1. The number of ether oxygens (including phenoxy) is 1. The smallest absolute Gasteiger partial charge is 0.295 e. The van der Waals surface area contributed by atoms with Gasteiger partial charge in [0.05, 0.1) is 17.1 Å². The van der Waals surface area contributed by atoms with Crippen molar-refractivity contribution in [1.82, 2.24) is 24.1 Å². The van der Waals surface area contributed by atoms with Crippen LogP contribution in [0.1, 0.15) is 24.5 Å². The molecule has 0 fully saturated rings. The van der Waals surface area contributed by atoms with Crippen molar-refractivity contribution in [2.45, 2.75) is 25.1 Å². The highest BCUT2D eigenvalue weighted by atomic mass is 35.5. The molecule has 5 rings (SSSR count). The molecule has 2 heterocycles. The first-order valence-corrected chi connectivity index (χ1v) is 13.9. The predicted octanol–water partition coefficient (Wildman–Crippen LogP) is 5.59. The van der Waals surface area contributed by atoms with E-state index in [4.69, 9.17) is 16.3 Å². The van der Waals surface area contributed by atoms with Crippen LogP contribution in [-0.4, -0.2) is 35.8 Å².